The minimum absolute atomic E-state index is 0.0391. The molecule has 0 heterocycles. The van der Waals surface area contributed by atoms with E-state index in [2.05, 4.69) is 62.4 Å². The zero-order valence-electron chi connectivity index (χ0n) is 12.2. The summed E-state index contributed by atoms with van der Waals surface area (Å²) in [4.78, 5) is 1.29. The monoisotopic (exact) mass is 286 g/mol. The highest BCUT2D eigenvalue weighted by atomic mass is 32.2. The third kappa shape index (κ3) is 4.12. The van der Waals surface area contributed by atoms with Crippen LogP contribution in [0.4, 0.5) is 0 Å². The van der Waals surface area contributed by atoms with Crippen molar-refractivity contribution in [3.8, 4) is 0 Å². The number of aliphatic hydroxyl groups is 1. The van der Waals surface area contributed by atoms with Crippen LogP contribution in [0.2, 0.25) is 0 Å². The molecule has 0 fully saturated rings. The van der Waals surface area contributed by atoms with Gasteiger partial charge in [-0.05, 0) is 35.1 Å². The highest BCUT2D eigenvalue weighted by molar-refractivity contribution is 7.98. The molecule has 0 atom stereocenters. The van der Waals surface area contributed by atoms with Gasteiger partial charge < -0.3 is 5.11 Å². The first-order chi connectivity index (χ1) is 9.62. The SMILES string of the molecule is CC(C)(CCO)c1ccc(SCc2ccccc2)cc1. The highest BCUT2D eigenvalue weighted by Gasteiger charge is 2.19. The molecule has 20 heavy (non-hydrogen) atoms. The fourth-order valence-electron chi connectivity index (χ4n) is 2.17. The van der Waals surface area contributed by atoms with Crippen LogP contribution in [-0.2, 0) is 11.2 Å². The van der Waals surface area contributed by atoms with E-state index < -0.39 is 0 Å². The number of thioether (sulfide) groups is 1. The number of hydrogen-bond donors (Lipinski definition) is 1. The largest absolute Gasteiger partial charge is 0.396 e. The molecule has 0 unspecified atom stereocenters. The lowest BCUT2D eigenvalue weighted by molar-refractivity contribution is 0.252. The molecule has 2 aromatic rings. The molecule has 0 aliphatic rings. The Hall–Kier alpha value is -1.25. The van der Waals surface area contributed by atoms with Crippen molar-refractivity contribution in [1.29, 1.82) is 0 Å². The molecule has 0 aliphatic heterocycles. The first kappa shape index (κ1) is 15.1. The number of aliphatic hydroxyl groups excluding tert-OH is 1. The van der Waals surface area contributed by atoms with Gasteiger partial charge >= 0.3 is 0 Å². The van der Waals surface area contributed by atoms with E-state index in [0.717, 1.165) is 12.2 Å². The normalized spacial score (nSPS) is 11.6. The van der Waals surface area contributed by atoms with Gasteiger partial charge in [-0.2, -0.15) is 0 Å². The van der Waals surface area contributed by atoms with E-state index in [4.69, 9.17) is 5.11 Å². The first-order valence-corrected chi connectivity index (χ1v) is 7.98. The molecular weight excluding hydrogens is 264 g/mol. The fourth-order valence-corrected chi connectivity index (χ4v) is 3.02. The van der Waals surface area contributed by atoms with Gasteiger partial charge in [0.2, 0.25) is 0 Å². The molecule has 106 valence electrons. The standard InChI is InChI=1S/C18H22OS/c1-18(2,12-13-19)16-8-10-17(11-9-16)20-14-15-6-4-3-5-7-15/h3-11,19H,12-14H2,1-2H3. The van der Waals surface area contributed by atoms with Crippen LogP contribution in [0, 0.1) is 0 Å². The molecule has 0 saturated heterocycles. The van der Waals surface area contributed by atoms with Crippen LogP contribution < -0.4 is 0 Å². The summed E-state index contributed by atoms with van der Waals surface area (Å²) in [6.45, 7) is 4.59. The van der Waals surface area contributed by atoms with Crippen molar-refractivity contribution in [3.05, 3.63) is 65.7 Å². The molecule has 1 nitrogen and oxygen atoms in total. The van der Waals surface area contributed by atoms with E-state index in [1.54, 1.807) is 0 Å². The zero-order chi connectivity index (χ0) is 14.4. The smallest absolute Gasteiger partial charge is 0.0439 e. The summed E-state index contributed by atoms with van der Waals surface area (Å²) in [5, 5.41) is 9.12. The first-order valence-electron chi connectivity index (χ1n) is 7.00. The summed E-state index contributed by atoms with van der Waals surface area (Å²) in [7, 11) is 0. The van der Waals surface area contributed by atoms with Gasteiger partial charge in [-0.25, -0.2) is 0 Å². The maximum absolute atomic E-state index is 9.12. The molecule has 2 rings (SSSR count). The molecule has 1 N–H and O–H groups in total. The Morgan fingerprint density at radius 2 is 1.60 bits per heavy atom. The van der Waals surface area contributed by atoms with Gasteiger partial charge in [0.25, 0.3) is 0 Å². The third-order valence-corrected chi connectivity index (χ3v) is 4.70. The predicted octanol–water partition coefficient (Wildman–Crippen LogP) is 4.64. The van der Waals surface area contributed by atoms with Crippen LogP contribution in [0.15, 0.2) is 59.5 Å². The fraction of sp³-hybridized carbons (Fsp3) is 0.333. The molecule has 2 aromatic carbocycles. The minimum Gasteiger partial charge on any atom is -0.396 e. The van der Waals surface area contributed by atoms with Gasteiger partial charge in [0.1, 0.15) is 0 Å². The van der Waals surface area contributed by atoms with Gasteiger partial charge in [-0.1, -0.05) is 56.3 Å². The van der Waals surface area contributed by atoms with Crippen LogP contribution in [0.25, 0.3) is 0 Å². The van der Waals surface area contributed by atoms with E-state index in [1.807, 2.05) is 17.8 Å². The molecule has 0 aliphatic carbocycles. The van der Waals surface area contributed by atoms with Crippen molar-refractivity contribution >= 4 is 11.8 Å². The minimum atomic E-state index is 0.0391. The predicted molar refractivity (Wildman–Crippen MR) is 87.2 cm³/mol. The number of benzene rings is 2. The Morgan fingerprint density at radius 1 is 0.950 bits per heavy atom. The van der Waals surface area contributed by atoms with E-state index in [0.29, 0.717) is 0 Å². The molecule has 0 radical (unpaired) electrons. The van der Waals surface area contributed by atoms with Gasteiger partial charge in [0, 0.05) is 17.3 Å². The lowest BCUT2D eigenvalue weighted by Gasteiger charge is -2.24. The Morgan fingerprint density at radius 3 is 2.20 bits per heavy atom. The maximum atomic E-state index is 9.12. The molecule has 0 saturated carbocycles. The lowest BCUT2D eigenvalue weighted by Crippen LogP contribution is -2.18. The maximum Gasteiger partial charge on any atom is 0.0439 e. The summed E-state index contributed by atoms with van der Waals surface area (Å²) in [5.74, 6) is 1.00. The molecule has 2 heteroatoms. The second kappa shape index (κ2) is 6.96. The summed E-state index contributed by atoms with van der Waals surface area (Å²) in [6.07, 6.45) is 0.795. The second-order valence-electron chi connectivity index (χ2n) is 5.66. The van der Waals surface area contributed by atoms with Crippen molar-refractivity contribution in [3.63, 3.8) is 0 Å². The Labute approximate surface area is 126 Å². The van der Waals surface area contributed by atoms with Crippen LogP contribution in [0.3, 0.4) is 0 Å². The van der Waals surface area contributed by atoms with Gasteiger partial charge in [0.15, 0.2) is 0 Å². The van der Waals surface area contributed by atoms with Crippen molar-refractivity contribution in [2.75, 3.05) is 6.61 Å². The van der Waals surface area contributed by atoms with Gasteiger partial charge in [-0.3, -0.25) is 0 Å². The van der Waals surface area contributed by atoms with Crippen molar-refractivity contribution in [1.82, 2.24) is 0 Å². The molecular formula is C18H22OS. The topological polar surface area (TPSA) is 20.2 Å². The summed E-state index contributed by atoms with van der Waals surface area (Å²) in [6, 6.07) is 19.3. The summed E-state index contributed by atoms with van der Waals surface area (Å²) in [5.41, 5.74) is 2.68. The quantitative estimate of drug-likeness (QED) is 0.781. The van der Waals surface area contributed by atoms with Crippen LogP contribution in [0.1, 0.15) is 31.4 Å². The summed E-state index contributed by atoms with van der Waals surface area (Å²) < 4.78 is 0. The second-order valence-corrected chi connectivity index (χ2v) is 6.70. The van der Waals surface area contributed by atoms with E-state index in [1.165, 1.54) is 16.0 Å². The van der Waals surface area contributed by atoms with Crippen LogP contribution >= 0.6 is 11.8 Å². The average molecular weight is 286 g/mol. The molecule has 0 spiro atoms. The average Bonchev–Trinajstić information content (AvgIpc) is 2.47. The Bertz CT molecular complexity index is 517. The van der Waals surface area contributed by atoms with Crippen LogP contribution in [-0.4, -0.2) is 11.7 Å². The number of rotatable bonds is 6. The Balaban J connectivity index is 1.98. The third-order valence-electron chi connectivity index (χ3n) is 3.62. The van der Waals surface area contributed by atoms with E-state index in [-0.39, 0.29) is 12.0 Å². The molecule has 0 aromatic heterocycles. The van der Waals surface area contributed by atoms with Gasteiger partial charge in [-0.15, -0.1) is 11.8 Å². The molecule has 0 bridgehead atoms. The lowest BCUT2D eigenvalue weighted by atomic mass is 9.82. The summed E-state index contributed by atoms with van der Waals surface area (Å²) >= 11 is 1.86. The van der Waals surface area contributed by atoms with E-state index >= 15 is 0 Å². The van der Waals surface area contributed by atoms with Gasteiger partial charge in [0.05, 0.1) is 0 Å². The highest BCUT2D eigenvalue weighted by Crippen LogP contribution is 2.29. The number of hydrogen-bond acceptors (Lipinski definition) is 2. The van der Waals surface area contributed by atoms with Crippen molar-refractivity contribution < 1.29 is 5.11 Å². The van der Waals surface area contributed by atoms with Crippen molar-refractivity contribution in [2.24, 2.45) is 0 Å². The zero-order valence-corrected chi connectivity index (χ0v) is 13.0. The Kier molecular flexibility index (Phi) is 5.27. The van der Waals surface area contributed by atoms with Crippen molar-refractivity contribution in [2.45, 2.75) is 36.3 Å². The van der Waals surface area contributed by atoms with E-state index in [9.17, 15) is 0 Å². The molecule has 0 amide bonds. The van der Waals surface area contributed by atoms with Crippen LogP contribution in [0.5, 0.6) is 0 Å².